The number of hydrogen-bond donors (Lipinski definition) is 1. The summed E-state index contributed by atoms with van der Waals surface area (Å²) in [6.45, 7) is 7.70. The second-order valence-electron chi connectivity index (χ2n) is 5.64. The summed E-state index contributed by atoms with van der Waals surface area (Å²) in [6, 6.07) is 11.3. The topological polar surface area (TPSA) is 12.0 Å². The first-order chi connectivity index (χ1) is 9.16. The Labute approximate surface area is 115 Å². The number of anilines is 1. The highest BCUT2D eigenvalue weighted by Gasteiger charge is 2.16. The summed E-state index contributed by atoms with van der Waals surface area (Å²) in [4.78, 5) is 0. The van der Waals surface area contributed by atoms with E-state index in [0.717, 1.165) is 6.54 Å². The minimum Gasteiger partial charge on any atom is -0.384 e. The van der Waals surface area contributed by atoms with Crippen LogP contribution in [0.15, 0.2) is 30.3 Å². The van der Waals surface area contributed by atoms with Crippen molar-refractivity contribution >= 4 is 5.69 Å². The zero-order chi connectivity index (χ0) is 13.4. The molecule has 1 heterocycles. The number of para-hydroxylation sites is 1. The maximum absolute atomic E-state index is 3.60. The minimum atomic E-state index is 1.09. The van der Waals surface area contributed by atoms with Crippen LogP contribution in [-0.2, 0) is 6.42 Å². The third kappa shape index (κ3) is 2.14. The van der Waals surface area contributed by atoms with Crippen LogP contribution in [-0.4, -0.2) is 6.54 Å². The molecule has 1 N–H and O–H groups in total. The Morgan fingerprint density at radius 3 is 2.47 bits per heavy atom. The summed E-state index contributed by atoms with van der Waals surface area (Å²) in [5.41, 5.74) is 9.67. The Hall–Kier alpha value is -1.76. The molecule has 98 valence electrons. The lowest BCUT2D eigenvalue weighted by Gasteiger charge is -2.23. The smallest absolute Gasteiger partial charge is 0.0452 e. The van der Waals surface area contributed by atoms with Crippen molar-refractivity contribution < 1.29 is 0 Å². The van der Waals surface area contributed by atoms with Gasteiger partial charge in [0.1, 0.15) is 0 Å². The van der Waals surface area contributed by atoms with Gasteiger partial charge in [0.15, 0.2) is 0 Å². The van der Waals surface area contributed by atoms with E-state index >= 15 is 0 Å². The number of nitrogens with one attached hydrogen (secondary N) is 1. The molecule has 19 heavy (non-hydrogen) atoms. The first-order valence-electron chi connectivity index (χ1n) is 7.11. The van der Waals surface area contributed by atoms with E-state index < -0.39 is 0 Å². The molecular formula is C18H21N. The van der Waals surface area contributed by atoms with Crippen molar-refractivity contribution in [2.24, 2.45) is 0 Å². The maximum Gasteiger partial charge on any atom is 0.0452 e. The number of fused-ring (bicyclic) bond motifs is 1. The van der Waals surface area contributed by atoms with Crippen LogP contribution in [0.1, 0.15) is 28.7 Å². The van der Waals surface area contributed by atoms with Crippen LogP contribution >= 0.6 is 0 Å². The van der Waals surface area contributed by atoms with Crippen molar-refractivity contribution in [3.05, 3.63) is 52.6 Å². The Bertz CT molecular complexity index is 603. The van der Waals surface area contributed by atoms with Gasteiger partial charge in [0.25, 0.3) is 0 Å². The van der Waals surface area contributed by atoms with Gasteiger partial charge in [-0.15, -0.1) is 0 Å². The molecule has 3 rings (SSSR count). The molecule has 0 radical (unpaired) electrons. The molecule has 2 aromatic carbocycles. The molecule has 1 aliphatic rings. The monoisotopic (exact) mass is 251 g/mol. The average molecular weight is 251 g/mol. The van der Waals surface area contributed by atoms with Crippen LogP contribution in [0.2, 0.25) is 0 Å². The molecule has 1 heteroatoms. The summed E-state index contributed by atoms with van der Waals surface area (Å²) >= 11 is 0. The van der Waals surface area contributed by atoms with E-state index in [-0.39, 0.29) is 0 Å². The van der Waals surface area contributed by atoms with Crippen LogP contribution in [0.3, 0.4) is 0 Å². The summed E-state index contributed by atoms with van der Waals surface area (Å²) < 4.78 is 0. The summed E-state index contributed by atoms with van der Waals surface area (Å²) in [6.07, 6.45) is 2.43. The van der Waals surface area contributed by atoms with E-state index in [4.69, 9.17) is 0 Å². The second kappa shape index (κ2) is 4.73. The van der Waals surface area contributed by atoms with E-state index in [1.807, 2.05) is 0 Å². The third-order valence-electron chi connectivity index (χ3n) is 4.02. The van der Waals surface area contributed by atoms with Gasteiger partial charge in [-0.3, -0.25) is 0 Å². The van der Waals surface area contributed by atoms with Gasteiger partial charge in [0.05, 0.1) is 0 Å². The average Bonchev–Trinajstić information content (AvgIpc) is 2.38. The number of hydrogen-bond acceptors (Lipinski definition) is 1. The van der Waals surface area contributed by atoms with Crippen molar-refractivity contribution in [3.8, 4) is 11.1 Å². The third-order valence-corrected chi connectivity index (χ3v) is 4.02. The molecule has 0 atom stereocenters. The molecule has 0 spiro atoms. The molecule has 0 amide bonds. The molecule has 0 saturated carbocycles. The molecule has 1 nitrogen and oxygen atoms in total. The first-order valence-corrected chi connectivity index (χ1v) is 7.11. The van der Waals surface area contributed by atoms with Gasteiger partial charge >= 0.3 is 0 Å². The summed E-state index contributed by atoms with van der Waals surface area (Å²) in [7, 11) is 0. The fourth-order valence-corrected chi connectivity index (χ4v) is 3.32. The highest BCUT2D eigenvalue weighted by Crippen LogP contribution is 2.37. The number of aryl methyl sites for hydroxylation is 4. The highest BCUT2D eigenvalue weighted by molar-refractivity contribution is 5.84. The van der Waals surface area contributed by atoms with Crippen molar-refractivity contribution in [3.63, 3.8) is 0 Å². The Morgan fingerprint density at radius 1 is 1.00 bits per heavy atom. The standard InChI is InChI=1S/C18H21N/c1-12-10-13(2)17(14(3)11-12)16-8-4-6-15-7-5-9-19-18(15)16/h4,6,8,10-11,19H,5,7,9H2,1-3H3. The molecule has 1 aliphatic heterocycles. The van der Waals surface area contributed by atoms with Crippen LogP contribution in [0.4, 0.5) is 5.69 Å². The molecule has 0 aromatic heterocycles. The van der Waals surface area contributed by atoms with Crippen molar-refractivity contribution in [2.45, 2.75) is 33.6 Å². The lowest BCUT2D eigenvalue weighted by molar-refractivity contribution is 0.831. The fraction of sp³-hybridized carbons (Fsp3) is 0.333. The minimum absolute atomic E-state index is 1.09. The van der Waals surface area contributed by atoms with Crippen LogP contribution < -0.4 is 5.32 Å². The van der Waals surface area contributed by atoms with E-state index in [9.17, 15) is 0 Å². The maximum atomic E-state index is 3.60. The number of benzene rings is 2. The molecule has 0 saturated heterocycles. The fourth-order valence-electron chi connectivity index (χ4n) is 3.32. The zero-order valence-electron chi connectivity index (χ0n) is 12.0. The van der Waals surface area contributed by atoms with E-state index in [0.29, 0.717) is 0 Å². The van der Waals surface area contributed by atoms with Crippen LogP contribution in [0.25, 0.3) is 11.1 Å². The van der Waals surface area contributed by atoms with E-state index in [1.54, 1.807) is 0 Å². The molecule has 0 fully saturated rings. The lowest BCUT2D eigenvalue weighted by atomic mass is 9.89. The zero-order valence-corrected chi connectivity index (χ0v) is 12.0. The van der Waals surface area contributed by atoms with Gasteiger partial charge < -0.3 is 5.32 Å². The van der Waals surface area contributed by atoms with Gasteiger partial charge in [0, 0.05) is 17.8 Å². The predicted octanol–water partition coefficient (Wildman–Crippen LogP) is 4.64. The summed E-state index contributed by atoms with van der Waals surface area (Å²) in [5.74, 6) is 0. The summed E-state index contributed by atoms with van der Waals surface area (Å²) in [5, 5.41) is 3.60. The van der Waals surface area contributed by atoms with Crippen molar-refractivity contribution in [1.82, 2.24) is 0 Å². The quantitative estimate of drug-likeness (QED) is 0.778. The molecule has 2 aromatic rings. The first kappa shape index (κ1) is 12.3. The Balaban J connectivity index is 2.23. The second-order valence-corrected chi connectivity index (χ2v) is 5.64. The van der Waals surface area contributed by atoms with Crippen molar-refractivity contribution in [1.29, 1.82) is 0 Å². The number of rotatable bonds is 1. The largest absolute Gasteiger partial charge is 0.384 e. The Kier molecular flexibility index (Phi) is 3.06. The molecular weight excluding hydrogens is 230 g/mol. The predicted molar refractivity (Wildman–Crippen MR) is 82.9 cm³/mol. The molecule has 0 unspecified atom stereocenters. The van der Waals surface area contributed by atoms with Crippen LogP contribution in [0.5, 0.6) is 0 Å². The highest BCUT2D eigenvalue weighted by atomic mass is 14.9. The van der Waals surface area contributed by atoms with Gasteiger partial charge in [0.2, 0.25) is 0 Å². The van der Waals surface area contributed by atoms with Gasteiger partial charge in [-0.1, -0.05) is 35.9 Å². The molecule has 0 aliphatic carbocycles. The lowest BCUT2D eigenvalue weighted by Crippen LogP contribution is -2.12. The van der Waals surface area contributed by atoms with E-state index in [1.165, 1.54) is 51.9 Å². The van der Waals surface area contributed by atoms with E-state index in [2.05, 4.69) is 56.4 Å². The normalized spacial score (nSPS) is 13.8. The van der Waals surface area contributed by atoms with Gasteiger partial charge in [-0.2, -0.15) is 0 Å². The Morgan fingerprint density at radius 2 is 1.74 bits per heavy atom. The van der Waals surface area contributed by atoms with Crippen molar-refractivity contribution in [2.75, 3.05) is 11.9 Å². The SMILES string of the molecule is Cc1cc(C)c(-c2cccc3c2NCCC3)c(C)c1. The molecule has 0 bridgehead atoms. The van der Waals surface area contributed by atoms with Gasteiger partial charge in [-0.05, 0) is 55.9 Å². The van der Waals surface area contributed by atoms with Gasteiger partial charge in [-0.25, -0.2) is 0 Å². The van der Waals surface area contributed by atoms with Crippen LogP contribution in [0, 0.1) is 20.8 Å².